The molecule has 0 radical (unpaired) electrons. The molecule has 2 aliphatic heterocycles. The molecule has 2 aromatic carbocycles. The van der Waals surface area contributed by atoms with Crippen molar-refractivity contribution in [3.8, 4) is 11.5 Å². The van der Waals surface area contributed by atoms with Gasteiger partial charge in [0.25, 0.3) is 0 Å². The number of rotatable bonds is 12. The van der Waals surface area contributed by atoms with Crippen molar-refractivity contribution in [1.29, 1.82) is 0 Å². The van der Waals surface area contributed by atoms with Gasteiger partial charge in [-0.2, -0.15) is 13.2 Å². The molecule has 8 nitrogen and oxygen atoms in total. The average molecular weight is 638 g/mol. The Balaban J connectivity index is 1.66. The zero-order valence-electron chi connectivity index (χ0n) is 22.9. The van der Waals surface area contributed by atoms with Crippen molar-refractivity contribution in [2.45, 2.75) is 36.9 Å². The average Bonchev–Trinajstić information content (AvgIpc) is 3.04. The minimum Gasteiger partial charge on any atom is -0.508 e. The first-order valence-corrected chi connectivity index (χ1v) is 14.1. The van der Waals surface area contributed by atoms with Gasteiger partial charge in [-0.25, -0.2) is 0 Å². The molecule has 1 unspecified atom stereocenters. The summed E-state index contributed by atoms with van der Waals surface area (Å²) in [6, 6.07) is 4.02. The van der Waals surface area contributed by atoms with Crippen LogP contribution in [0.15, 0.2) is 36.4 Å². The molecule has 12 heteroatoms. The molecule has 2 heterocycles. The Bertz CT molecular complexity index is 1390. The standard InChI is InChI=1S/C29H31BrF3N3O5/c1-28(2)22-5-4-18(13-30)10-23(22)34(3)29(28)7-6-19-11-21(37)12-20(27(19)41-29)14-35(15-24(31)38)8-9-36(16-25(32)39)17-26(33)40/h4-7,10-12,37H,8-9,13-17H2,1-3H3. The second-order valence-electron chi connectivity index (χ2n) is 10.8. The van der Waals surface area contributed by atoms with Gasteiger partial charge in [-0.05, 0) is 55.3 Å². The highest BCUT2D eigenvalue weighted by Gasteiger charge is 2.57. The molecule has 0 fully saturated rings. The molecule has 1 spiro atoms. The summed E-state index contributed by atoms with van der Waals surface area (Å²) in [6.07, 6.45) is 3.79. The molecule has 0 saturated carbocycles. The van der Waals surface area contributed by atoms with Gasteiger partial charge in [0.05, 0.1) is 25.0 Å². The summed E-state index contributed by atoms with van der Waals surface area (Å²) in [5, 5.41) is 11.1. The van der Waals surface area contributed by atoms with Gasteiger partial charge < -0.3 is 14.7 Å². The van der Waals surface area contributed by atoms with Gasteiger partial charge in [0, 0.05) is 48.8 Å². The van der Waals surface area contributed by atoms with Gasteiger partial charge in [-0.15, -0.1) is 0 Å². The molecule has 2 aliphatic rings. The fraction of sp³-hybridized carbons (Fsp3) is 0.414. The second kappa shape index (κ2) is 11.9. The van der Waals surface area contributed by atoms with E-state index in [4.69, 9.17) is 4.74 Å². The summed E-state index contributed by atoms with van der Waals surface area (Å²) in [7, 11) is 1.93. The van der Waals surface area contributed by atoms with Crippen molar-refractivity contribution in [1.82, 2.24) is 9.80 Å². The van der Waals surface area contributed by atoms with Crippen LogP contribution in [0.25, 0.3) is 6.08 Å². The monoisotopic (exact) mass is 637 g/mol. The van der Waals surface area contributed by atoms with E-state index >= 15 is 0 Å². The van der Waals surface area contributed by atoms with Gasteiger partial charge >= 0.3 is 18.1 Å². The lowest BCUT2D eigenvalue weighted by molar-refractivity contribution is -0.135. The molecular weight excluding hydrogens is 607 g/mol. The molecule has 220 valence electrons. The van der Waals surface area contributed by atoms with Crippen LogP contribution >= 0.6 is 15.9 Å². The fourth-order valence-corrected chi connectivity index (χ4v) is 6.06. The molecule has 2 aromatic rings. The Morgan fingerprint density at radius 2 is 1.59 bits per heavy atom. The summed E-state index contributed by atoms with van der Waals surface area (Å²) in [4.78, 5) is 37.7. The van der Waals surface area contributed by atoms with E-state index in [2.05, 4.69) is 41.9 Å². The number of benzene rings is 2. The Labute approximate surface area is 244 Å². The largest absolute Gasteiger partial charge is 0.508 e. The highest BCUT2D eigenvalue weighted by atomic mass is 79.9. The first-order chi connectivity index (χ1) is 19.3. The van der Waals surface area contributed by atoms with Crippen LogP contribution in [0, 0.1) is 0 Å². The first kappa shape index (κ1) is 30.7. The minimum atomic E-state index is -1.76. The Morgan fingerprint density at radius 1 is 0.976 bits per heavy atom. The molecule has 1 N–H and O–H groups in total. The van der Waals surface area contributed by atoms with E-state index in [1.54, 1.807) is 0 Å². The van der Waals surface area contributed by atoms with Crippen molar-refractivity contribution in [2.24, 2.45) is 0 Å². The smallest absolute Gasteiger partial charge is 0.315 e. The number of halogens is 4. The number of aromatic hydroxyl groups is 1. The van der Waals surface area contributed by atoms with E-state index in [0.717, 1.165) is 21.7 Å². The van der Waals surface area contributed by atoms with Gasteiger partial charge in [-0.1, -0.05) is 28.1 Å². The second-order valence-corrected chi connectivity index (χ2v) is 11.4. The molecule has 0 saturated heterocycles. The number of alkyl halides is 1. The van der Waals surface area contributed by atoms with Gasteiger partial charge in [0.2, 0.25) is 5.72 Å². The number of anilines is 1. The van der Waals surface area contributed by atoms with Crippen LogP contribution in [0.4, 0.5) is 18.9 Å². The van der Waals surface area contributed by atoms with Crippen LogP contribution in [-0.2, 0) is 31.7 Å². The van der Waals surface area contributed by atoms with E-state index in [1.807, 2.05) is 30.2 Å². The highest BCUT2D eigenvalue weighted by Crippen LogP contribution is 2.55. The maximum atomic E-state index is 13.6. The normalized spacial score (nSPS) is 18.5. The van der Waals surface area contributed by atoms with Gasteiger partial charge in [-0.3, -0.25) is 24.2 Å². The van der Waals surface area contributed by atoms with Crippen molar-refractivity contribution in [2.75, 3.05) is 44.7 Å². The lowest BCUT2D eigenvalue weighted by Gasteiger charge is -2.46. The van der Waals surface area contributed by atoms with Crippen LogP contribution in [0.5, 0.6) is 11.5 Å². The predicted molar refractivity (Wildman–Crippen MR) is 151 cm³/mol. The Kier molecular flexibility index (Phi) is 8.95. The lowest BCUT2D eigenvalue weighted by atomic mass is 9.76. The fourth-order valence-electron chi connectivity index (χ4n) is 5.71. The third kappa shape index (κ3) is 6.19. The topological polar surface area (TPSA) is 90.4 Å². The van der Waals surface area contributed by atoms with Crippen molar-refractivity contribution >= 4 is 45.8 Å². The molecule has 41 heavy (non-hydrogen) atoms. The number of nitrogens with zero attached hydrogens (tertiary/aromatic N) is 3. The summed E-state index contributed by atoms with van der Waals surface area (Å²) in [5.74, 6) is 0.344. The number of hydrogen-bond donors (Lipinski definition) is 1. The maximum absolute atomic E-state index is 13.6. The molecule has 1 atom stereocenters. The summed E-state index contributed by atoms with van der Waals surface area (Å²) in [5.41, 5.74) is 2.70. The molecular formula is C29H31BrF3N3O5. The van der Waals surface area contributed by atoms with E-state index in [-0.39, 0.29) is 25.4 Å². The number of ether oxygens (including phenoxy) is 1. The number of fused-ring (bicyclic) bond motifs is 2. The third-order valence-electron chi connectivity index (χ3n) is 7.74. The predicted octanol–water partition coefficient (Wildman–Crippen LogP) is 4.41. The molecule has 0 amide bonds. The number of phenolic OH excluding ortho intramolecular Hbond substituents is 1. The lowest BCUT2D eigenvalue weighted by Crippen LogP contribution is -2.58. The van der Waals surface area contributed by atoms with E-state index in [0.29, 0.717) is 22.2 Å². The molecule has 4 rings (SSSR count). The van der Waals surface area contributed by atoms with Crippen molar-refractivity contribution < 1.29 is 37.4 Å². The summed E-state index contributed by atoms with van der Waals surface area (Å²) in [6.45, 7) is 1.41. The number of carbonyl (C=O) groups is 3. The Morgan fingerprint density at radius 3 is 2.20 bits per heavy atom. The third-order valence-corrected chi connectivity index (χ3v) is 8.39. The number of phenols is 1. The quantitative estimate of drug-likeness (QED) is 0.270. The first-order valence-electron chi connectivity index (χ1n) is 12.9. The molecule has 0 bridgehead atoms. The van der Waals surface area contributed by atoms with Crippen LogP contribution < -0.4 is 9.64 Å². The van der Waals surface area contributed by atoms with Crippen molar-refractivity contribution in [3.63, 3.8) is 0 Å². The number of hydrogen-bond acceptors (Lipinski definition) is 8. The van der Waals surface area contributed by atoms with Gasteiger partial charge in [0.1, 0.15) is 11.5 Å². The van der Waals surface area contributed by atoms with Crippen LogP contribution in [-0.4, -0.2) is 78.5 Å². The number of likely N-dealkylation sites (N-methyl/N-ethyl adjacent to an activating group) is 1. The Hall–Kier alpha value is -3.22. The highest BCUT2D eigenvalue weighted by molar-refractivity contribution is 9.08. The zero-order valence-corrected chi connectivity index (χ0v) is 24.5. The van der Waals surface area contributed by atoms with E-state index in [1.165, 1.54) is 17.0 Å². The van der Waals surface area contributed by atoms with Crippen LogP contribution in [0.2, 0.25) is 0 Å². The van der Waals surface area contributed by atoms with Crippen LogP contribution in [0.3, 0.4) is 0 Å². The SMILES string of the molecule is CN1c2cc(CBr)ccc2C(C)(C)C12C=Cc1cc(O)cc(CN(CCN(CC(=O)F)CC(=O)F)CC(=O)F)c1O2. The van der Waals surface area contributed by atoms with Crippen molar-refractivity contribution in [3.05, 3.63) is 58.7 Å². The molecule has 0 aromatic heterocycles. The zero-order chi connectivity index (χ0) is 30.1. The van der Waals surface area contributed by atoms with Gasteiger partial charge in [0.15, 0.2) is 0 Å². The summed E-state index contributed by atoms with van der Waals surface area (Å²) >= 11 is 3.51. The van der Waals surface area contributed by atoms with E-state index < -0.39 is 48.9 Å². The summed E-state index contributed by atoms with van der Waals surface area (Å²) < 4.78 is 46.4. The number of carbonyl (C=O) groups excluding carboxylic acids is 3. The van der Waals surface area contributed by atoms with E-state index in [9.17, 15) is 32.7 Å². The maximum Gasteiger partial charge on any atom is 0.315 e. The van der Waals surface area contributed by atoms with Crippen LogP contribution in [0.1, 0.15) is 36.1 Å². The minimum absolute atomic E-state index is 0.0774. The molecule has 0 aliphatic carbocycles.